The van der Waals surface area contributed by atoms with Crippen LogP contribution in [0.25, 0.3) is 22.3 Å². The van der Waals surface area contributed by atoms with Crippen molar-refractivity contribution in [2.75, 3.05) is 0 Å². The molecule has 0 amide bonds. The maximum atomic E-state index is 5.33. The summed E-state index contributed by atoms with van der Waals surface area (Å²) in [4.78, 5) is 30.1. The second kappa shape index (κ2) is 10.9. The zero-order valence-electron chi connectivity index (χ0n) is 26.1. The quantitative estimate of drug-likeness (QED) is 0.263. The lowest BCUT2D eigenvalue weighted by molar-refractivity contribution is 0.577. The summed E-state index contributed by atoms with van der Waals surface area (Å²) >= 11 is 0. The maximum absolute atomic E-state index is 5.33. The molecule has 0 saturated heterocycles. The molecule has 8 nitrogen and oxygen atoms in total. The van der Waals surface area contributed by atoms with Gasteiger partial charge in [0.15, 0.2) is 0 Å². The summed E-state index contributed by atoms with van der Waals surface area (Å²) in [6, 6.07) is 32.7. The molecule has 4 aliphatic heterocycles. The van der Waals surface area contributed by atoms with Crippen molar-refractivity contribution in [1.82, 2.24) is 29.1 Å². The van der Waals surface area contributed by atoms with Crippen LogP contribution in [0.3, 0.4) is 0 Å². The second-order valence-electron chi connectivity index (χ2n) is 12.0. The third kappa shape index (κ3) is 4.31. The number of aliphatic imine (C=N–C) groups is 2. The van der Waals surface area contributed by atoms with Crippen LogP contribution in [0.5, 0.6) is 0 Å². The van der Waals surface area contributed by atoms with Gasteiger partial charge in [-0.05, 0) is 97.1 Å². The van der Waals surface area contributed by atoms with Gasteiger partial charge in [0, 0.05) is 47.1 Å². The van der Waals surface area contributed by atoms with E-state index < -0.39 is 0 Å². The number of nitrogens with zero attached hydrogens (tertiary/aromatic N) is 8. The fraction of sp³-hybridized carbons (Fsp3) is 0.0244. The topological polar surface area (TPSA) is 86.1 Å². The molecule has 4 aliphatic rings. The van der Waals surface area contributed by atoms with Crippen molar-refractivity contribution in [3.05, 3.63) is 202 Å². The molecular formula is C41H26N8. The summed E-state index contributed by atoms with van der Waals surface area (Å²) in [5.74, 6) is 0. The first-order chi connectivity index (χ1) is 24.3. The van der Waals surface area contributed by atoms with Gasteiger partial charge in [0.1, 0.15) is 6.67 Å². The lowest BCUT2D eigenvalue weighted by Gasteiger charge is -2.22. The SMILES string of the molecule is C1=CC2=C(c3ccccn3)c3ccc4n3Cn3c(ccc3=C(c3ccccn3)C3=NC(=C4c4ccccn4)C=C3)=C(c3ccccn3)C1=N2. The Morgan fingerprint density at radius 2 is 0.796 bits per heavy atom. The number of pyridine rings is 4. The standard InChI is InChI=1S/C41H26N8/c1-5-21-42-26(9-1)38-30-13-14-31(46-30)39(27-10-2-6-22-43-27)36-19-20-37-41(29-12-4-8-24-45-29)33-16-15-32(47-33)40(28-11-3-7-23-44-28)35-18-17-34(38)48(35)25-49(36)37/h1-24H,25H2. The van der Waals surface area contributed by atoms with E-state index in [2.05, 4.69) is 57.7 Å². The first-order valence-electron chi connectivity index (χ1n) is 16.1. The first kappa shape index (κ1) is 27.3. The van der Waals surface area contributed by atoms with Gasteiger partial charge in [-0.2, -0.15) is 0 Å². The van der Waals surface area contributed by atoms with Crippen LogP contribution < -0.4 is 10.7 Å². The molecule has 10 heterocycles. The van der Waals surface area contributed by atoms with Gasteiger partial charge in [0.25, 0.3) is 0 Å². The van der Waals surface area contributed by atoms with Gasteiger partial charge >= 0.3 is 0 Å². The summed E-state index contributed by atoms with van der Waals surface area (Å²) in [5.41, 5.74) is 12.5. The van der Waals surface area contributed by atoms with Crippen molar-refractivity contribution in [2.24, 2.45) is 9.98 Å². The normalized spacial score (nSPS) is 15.9. The average Bonchev–Trinajstić information content (AvgIpc) is 3.98. The largest absolute Gasteiger partial charge is 0.321 e. The lowest BCUT2D eigenvalue weighted by atomic mass is 10.0. The Morgan fingerprint density at radius 1 is 0.388 bits per heavy atom. The third-order valence-corrected chi connectivity index (χ3v) is 9.26. The van der Waals surface area contributed by atoms with Crippen molar-refractivity contribution in [3.63, 3.8) is 0 Å². The van der Waals surface area contributed by atoms with E-state index in [0.29, 0.717) is 6.67 Å². The summed E-state index contributed by atoms with van der Waals surface area (Å²) in [5, 5.41) is 1.98. The van der Waals surface area contributed by atoms with Crippen LogP contribution in [0.4, 0.5) is 0 Å². The van der Waals surface area contributed by atoms with E-state index >= 15 is 0 Å². The van der Waals surface area contributed by atoms with E-state index in [9.17, 15) is 0 Å². The van der Waals surface area contributed by atoms with Crippen molar-refractivity contribution >= 4 is 33.7 Å². The third-order valence-electron chi connectivity index (χ3n) is 9.26. The molecule has 0 unspecified atom stereocenters. The van der Waals surface area contributed by atoms with E-state index in [0.717, 1.165) is 90.0 Å². The van der Waals surface area contributed by atoms with Gasteiger partial charge in [0.05, 0.1) is 67.7 Å². The van der Waals surface area contributed by atoms with Crippen LogP contribution in [0, 0.1) is 0 Å². The Kier molecular flexibility index (Phi) is 6.07. The summed E-state index contributed by atoms with van der Waals surface area (Å²) in [6.45, 7) is 0.482. The predicted molar refractivity (Wildman–Crippen MR) is 191 cm³/mol. The van der Waals surface area contributed by atoms with E-state index in [-0.39, 0.29) is 0 Å². The summed E-state index contributed by atoms with van der Waals surface area (Å²) in [7, 11) is 0. The highest BCUT2D eigenvalue weighted by Crippen LogP contribution is 2.37. The molecule has 0 spiro atoms. The smallest absolute Gasteiger partial charge is 0.100 e. The fourth-order valence-electron chi connectivity index (χ4n) is 7.15. The van der Waals surface area contributed by atoms with Gasteiger partial charge in [-0.25, -0.2) is 9.98 Å². The van der Waals surface area contributed by atoms with Crippen molar-refractivity contribution < 1.29 is 0 Å². The van der Waals surface area contributed by atoms with Crippen LogP contribution in [-0.4, -0.2) is 40.5 Å². The van der Waals surface area contributed by atoms with Crippen LogP contribution >= 0.6 is 0 Å². The van der Waals surface area contributed by atoms with Crippen molar-refractivity contribution in [1.29, 1.82) is 0 Å². The number of hydrogen-bond acceptors (Lipinski definition) is 6. The van der Waals surface area contributed by atoms with Gasteiger partial charge in [-0.1, -0.05) is 24.3 Å². The summed E-state index contributed by atoms with van der Waals surface area (Å²) in [6.07, 6.45) is 15.7. The monoisotopic (exact) mass is 630 g/mol. The minimum Gasteiger partial charge on any atom is -0.321 e. The van der Waals surface area contributed by atoms with Crippen LogP contribution in [-0.2, 0) is 6.67 Å². The Balaban J connectivity index is 1.43. The molecule has 6 aromatic rings. The first-order valence-corrected chi connectivity index (χ1v) is 16.1. The predicted octanol–water partition coefficient (Wildman–Crippen LogP) is 5.34. The van der Waals surface area contributed by atoms with Gasteiger partial charge in [0.2, 0.25) is 0 Å². The molecule has 0 radical (unpaired) electrons. The highest BCUT2D eigenvalue weighted by atomic mass is 15.2. The van der Waals surface area contributed by atoms with Crippen LogP contribution in [0.15, 0.2) is 168 Å². The average molecular weight is 631 g/mol. The Labute approximate surface area is 281 Å². The molecule has 0 atom stereocenters. The molecule has 230 valence electrons. The van der Waals surface area contributed by atoms with Gasteiger partial charge in [-0.3, -0.25) is 19.9 Å². The number of aromatic nitrogens is 6. The minimum absolute atomic E-state index is 0.482. The molecule has 0 saturated carbocycles. The molecule has 0 aromatic carbocycles. The highest BCUT2D eigenvalue weighted by molar-refractivity contribution is 6.31. The molecular weight excluding hydrogens is 605 g/mol. The summed E-state index contributed by atoms with van der Waals surface area (Å²) < 4.78 is 4.71. The van der Waals surface area contributed by atoms with Gasteiger partial charge in [-0.15, -0.1) is 0 Å². The number of allylic oxidation sites excluding steroid dienone is 4. The zero-order chi connectivity index (χ0) is 32.3. The molecule has 8 heteroatoms. The Hall–Kier alpha value is -6.80. The number of fused-ring (bicyclic) bond motifs is 2. The van der Waals surface area contributed by atoms with Crippen LogP contribution in [0.1, 0.15) is 34.2 Å². The van der Waals surface area contributed by atoms with E-state index in [1.807, 2.05) is 97.6 Å². The minimum atomic E-state index is 0.482. The zero-order valence-corrected chi connectivity index (χ0v) is 26.1. The van der Waals surface area contributed by atoms with Crippen LogP contribution in [0.2, 0.25) is 0 Å². The Bertz CT molecular complexity index is 2460. The number of hydrogen-bond donors (Lipinski definition) is 0. The Morgan fingerprint density at radius 3 is 1.18 bits per heavy atom. The fourth-order valence-corrected chi connectivity index (χ4v) is 7.15. The molecule has 49 heavy (non-hydrogen) atoms. The molecule has 6 aromatic heterocycles. The maximum Gasteiger partial charge on any atom is 0.100 e. The van der Waals surface area contributed by atoms with Crippen molar-refractivity contribution in [3.8, 4) is 0 Å². The van der Waals surface area contributed by atoms with E-state index in [4.69, 9.17) is 29.9 Å². The van der Waals surface area contributed by atoms with Gasteiger partial charge < -0.3 is 9.13 Å². The molecule has 0 N–H and O–H groups in total. The number of rotatable bonds is 4. The lowest BCUT2D eigenvalue weighted by Crippen LogP contribution is -2.36. The van der Waals surface area contributed by atoms with Crippen molar-refractivity contribution in [2.45, 2.75) is 6.67 Å². The van der Waals surface area contributed by atoms with E-state index in [1.54, 1.807) is 0 Å². The molecule has 0 fully saturated rings. The molecule has 0 aliphatic carbocycles. The molecule has 6 bridgehead atoms. The highest BCUT2D eigenvalue weighted by Gasteiger charge is 2.29. The second-order valence-corrected chi connectivity index (χ2v) is 12.0. The van der Waals surface area contributed by atoms with E-state index in [1.165, 1.54) is 0 Å². The molecule has 10 rings (SSSR count).